The van der Waals surface area contributed by atoms with Gasteiger partial charge in [-0.1, -0.05) is 6.07 Å². The van der Waals surface area contributed by atoms with Gasteiger partial charge in [-0.15, -0.1) is 0 Å². The van der Waals surface area contributed by atoms with Gasteiger partial charge in [0.2, 0.25) is 4.58 Å². The molecule has 4 rings (SSSR count). The van der Waals surface area contributed by atoms with E-state index >= 15 is 0 Å². The monoisotopic (exact) mass is 689 g/mol. The van der Waals surface area contributed by atoms with Gasteiger partial charge >= 0.3 is 5.97 Å². The second-order valence-electron chi connectivity index (χ2n) is 9.93. The summed E-state index contributed by atoms with van der Waals surface area (Å²) in [5.41, 5.74) is 9.07. The summed E-state index contributed by atoms with van der Waals surface area (Å²) in [7, 11) is -7.47. The van der Waals surface area contributed by atoms with Crippen molar-refractivity contribution < 1.29 is 40.3 Å². The highest BCUT2D eigenvalue weighted by Gasteiger charge is 2.29. The van der Waals surface area contributed by atoms with Crippen LogP contribution in [0.25, 0.3) is 11.0 Å². The summed E-state index contributed by atoms with van der Waals surface area (Å²) in [6.45, 7) is 3.30. The van der Waals surface area contributed by atoms with Crippen LogP contribution in [0.3, 0.4) is 0 Å². The summed E-state index contributed by atoms with van der Waals surface area (Å²) in [6.07, 6.45) is 1.67. The van der Waals surface area contributed by atoms with Crippen LogP contribution in [0.4, 0.5) is 11.5 Å². The Kier molecular flexibility index (Phi) is 12.1. The quantitative estimate of drug-likeness (QED) is 0.0622. The van der Waals surface area contributed by atoms with Crippen LogP contribution >= 0.6 is 0 Å². The lowest BCUT2D eigenvalue weighted by Gasteiger charge is -2.21. The van der Waals surface area contributed by atoms with Crippen molar-refractivity contribution in [3.05, 3.63) is 83.8 Å². The fourth-order valence-electron chi connectivity index (χ4n) is 4.07. The predicted molar refractivity (Wildman–Crippen MR) is 175 cm³/mol. The van der Waals surface area contributed by atoms with Crippen LogP contribution in [0.1, 0.15) is 42.0 Å². The molecule has 252 valence electrons. The molecule has 0 saturated carbocycles. The number of carbonyl (C=O) groups excluding carboxylic acids is 2. The first-order valence-electron chi connectivity index (χ1n) is 14.0. The molecule has 0 radical (unpaired) electrons. The summed E-state index contributed by atoms with van der Waals surface area (Å²) in [6, 6.07) is 18.0. The Labute approximate surface area is 271 Å². The van der Waals surface area contributed by atoms with Crippen LogP contribution < -0.4 is 16.0 Å². The topological polar surface area (TPSA) is 248 Å². The van der Waals surface area contributed by atoms with Gasteiger partial charge in [0.25, 0.3) is 26.1 Å². The minimum atomic E-state index is -4.70. The highest BCUT2D eigenvalue weighted by molar-refractivity contribution is 8.03. The summed E-state index contributed by atoms with van der Waals surface area (Å²) in [4.78, 5) is 36.0. The maximum Gasteiger partial charge on any atom is 0.307 e. The number of ether oxygens (including phenoxy) is 1. The molecule has 2 aromatic heterocycles. The molecule has 6 N–H and O–H groups in total. The molecular formula is C29H35N7O9S2. The number of rotatable bonds is 12. The average Bonchev–Trinajstić information content (AvgIpc) is 3.34. The second kappa shape index (κ2) is 15.6. The smallest absolute Gasteiger partial charge is 0.307 e. The first kappa shape index (κ1) is 36.6. The minimum absolute atomic E-state index is 0.0229. The van der Waals surface area contributed by atoms with Crippen molar-refractivity contribution >= 4 is 60.5 Å². The Bertz CT molecular complexity index is 1920. The molecule has 0 fully saturated rings. The molecule has 0 saturated heterocycles. The van der Waals surface area contributed by atoms with E-state index in [0.717, 1.165) is 17.0 Å². The standard InChI is InChI=1S/C27H29N7O3.C2H6O6S2/c1-3-37-25(35)13-15-34(23-6-4-5-14-30-23)27(36)19-9-12-22-21(16-19)32-24(33(22)2)17-31-20-10-7-18(8-11-20)26(28)29;1-2(9(3,4)5)10(6,7)8/h4-12,14,16,31H,3,13,15,17H2,1-2H3,(H3,28,29);2H,1H3,(H,3,4,5)(H,6,7,8). The van der Waals surface area contributed by atoms with E-state index in [1.807, 2.05) is 29.8 Å². The number of fused-ring (bicyclic) bond motifs is 1. The van der Waals surface area contributed by atoms with E-state index in [1.54, 1.807) is 55.6 Å². The van der Waals surface area contributed by atoms with E-state index in [0.29, 0.717) is 35.9 Å². The second-order valence-corrected chi connectivity index (χ2v) is 13.7. The van der Waals surface area contributed by atoms with Crippen LogP contribution in [0, 0.1) is 5.41 Å². The number of aromatic nitrogens is 3. The van der Waals surface area contributed by atoms with Crippen molar-refractivity contribution in [2.75, 3.05) is 23.4 Å². The highest BCUT2D eigenvalue weighted by atomic mass is 32.3. The molecule has 2 heterocycles. The van der Waals surface area contributed by atoms with Gasteiger partial charge in [0, 0.05) is 36.6 Å². The number of nitrogens with one attached hydrogen (secondary N) is 2. The van der Waals surface area contributed by atoms with E-state index in [4.69, 9.17) is 30.0 Å². The number of carbonyl (C=O) groups is 2. The summed E-state index contributed by atoms with van der Waals surface area (Å²) in [5.74, 6) is 0.623. The number of nitrogens with zero attached hydrogens (tertiary/aromatic N) is 4. The third kappa shape index (κ3) is 10.0. The molecule has 0 atom stereocenters. The van der Waals surface area contributed by atoms with Gasteiger partial charge in [-0.05, 0) is 68.4 Å². The molecule has 0 aliphatic heterocycles. The summed E-state index contributed by atoms with van der Waals surface area (Å²) in [5, 5.41) is 10.8. The zero-order valence-corrected chi connectivity index (χ0v) is 27.3. The number of aryl methyl sites for hydroxylation is 1. The molecule has 4 aromatic rings. The van der Waals surface area contributed by atoms with Crippen molar-refractivity contribution in [3.8, 4) is 0 Å². The van der Waals surface area contributed by atoms with E-state index in [-0.39, 0.29) is 37.3 Å². The maximum absolute atomic E-state index is 13.5. The number of nitrogen functional groups attached to an aromatic ring is 1. The lowest BCUT2D eigenvalue weighted by molar-refractivity contribution is -0.142. The van der Waals surface area contributed by atoms with Gasteiger partial charge < -0.3 is 20.4 Å². The molecule has 2 aromatic carbocycles. The largest absolute Gasteiger partial charge is 0.466 e. The average molecular weight is 690 g/mol. The molecule has 18 heteroatoms. The SMILES string of the molecule is CC(S(=O)(=O)O)S(=O)(=O)O.CCOC(=O)CCN(C(=O)c1ccc2c(c1)nc(CNc1ccc(C(=N)N)cc1)n2C)c1ccccn1. The van der Waals surface area contributed by atoms with Crippen molar-refractivity contribution in [1.82, 2.24) is 14.5 Å². The molecule has 0 aliphatic rings. The third-order valence-corrected chi connectivity index (χ3v) is 9.86. The van der Waals surface area contributed by atoms with Crippen molar-refractivity contribution in [2.24, 2.45) is 12.8 Å². The van der Waals surface area contributed by atoms with Crippen molar-refractivity contribution in [3.63, 3.8) is 0 Å². The molecule has 47 heavy (non-hydrogen) atoms. The molecule has 1 amide bonds. The van der Waals surface area contributed by atoms with Gasteiger partial charge in [0.15, 0.2) is 0 Å². The number of anilines is 2. The molecule has 0 spiro atoms. The zero-order chi connectivity index (χ0) is 34.9. The van der Waals surface area contributed by atoms with Gasteiger partial charge in [-0.2, -0.15) is 16.8 Å². The van der Waals surface area contributed by atoms with Crippen molar-refractivity contribution in [2.45, 2.75) is 31.4 Å². The first-order chi connectivity index (χ1) is 22.0. The van der Waals surface area contributed by atoms with Gasteiger partial charge in [0.05, 0.1) is 30.6 Å². The molecule has 0 aliphatic carbocycles. The Balaban J connectivity index is 0.000000520. The molecule has 16 nitrogen and oxygen atoms in total. The zero-order valence-electron chi connectivity index (χ0n) is 25.7. The van der Waals surface area contributed by atoms with Gasteiger partial charge in [-0.25, -0.2) is 9.97 Å². The number of pyridine rings is 1. The van der Waals surface area contributed by atoms with Gasteiger partial charge in [0.1, 0.15) is 17.5 Å². The Morgan fingerprint density at radius 3 is 2.21 bits per heavy atom. The number of nitrogens with two attached hydrogens (primary N) is 1. The van der Waals surface area contributed by atoms with E-state index in [2.05, 4.69) is 10.3 Å². The molecular weight excluding hydrogens is 654 g/mol. The first-order valence-corrected chi connectivity index (χ1v) is 17.0. The fraction of sp³-hybridized carbons (Fsp3) is 0.276. The van der Waals surface area contributed by atoms with Crippen LogP contribution in [0.5, 0.6) is 0 Å². The lowest BCUT2D eigenvalue weighted by Crippen LogP contribution is -2.34. The Hall–Kier alpha value is -4.91. The van der Waals surface area contributed by atoms with Gasteiger partial charge in [-0.3, -0.25) is 29.0 Å². The normalized spacial score (nSPS) is 11.4. The van der Waals surface area contributed by atoms with Crippen LogP contribution in [0.2, 0.25) is 0 Å². The van der Waals surface area contributed by atoms with E-state index < -0.39 is 24.8 Å². The number of benzene rings is 2. The number of hydrogen-bond acceptors (Lipinski definition) is 11. The van der Waals surface area contributed by atoms with Crippen LogP contribution in [0.15, 0.2) is 66.9 Å². The van der Waals surface area contributed by atoms with Crippen LogP contribution in [-0.2, 0) is 43.4 Å². The van der Waals surface area contributed by atoms with Crippen molar-refractivity contribution in [1.29, 1.82) is 5.41 Å². The molecule has 0 unspecified atom stereocenters. The Morgan fingerprint density at radius 1 is 1.04 bits per heavy atom. The maximum atomic E-state index is 13.5. The highest BCUT2D eigenvalue weighted by Crippen LogP contribution is 2.21. The summed E-state index contributed by atoms with van der Waals surface area (Å²) >= 11 is 0. The fourth-order valence-corrected chi connectivity index (χ4v) is 5.30. The number of amidine groups is 1. The lowest BCUT2D eigenvalue weighted by atomic mass is 10.1. The van der Waals surface area contributed by atoms with E-state index in [1.165, 1.54) is 4.90 Å². The summed E-state index contributed by atoms with van der Waals surface area (Å²) < 4.78 is 60.9. The number of imidazole rings is 1. The molecule has 0 bridgehead atoms. The number of esters is 1. The predicted octanol–water partition coefficient (Wildman–Crippen LogP) is 2.57. The number of amides is 1. The third-order valence-electron chi connectivity index (χ3n) is 6.72. The Morgan fingerprint density at radius 2 is 1.68 bits per heavy atom. The minimum Gasteiger partial charge on any atom is -0.466 e. The van der Waals surface area contributed by atoms with E-state index in [9.17, 15) is 26.4 Å². The van der Waals surface area contributed by atoms with Crippen LogP contribution in [-0.4, -0.2) is 75.9 Å². The number of hydrogen-bond donors (Lipinski definition) is 5.